The zero-order valence-corrected chi connectivity index (χ0v) is 13.2. The van der Waals surface area contributed by atoms with Gasteiger partial charge in [-0.1, -0.05) is 15.9 Å². The van der Waals surface area contributed by atoms with Crippen LogP contribution < -0.4 is 0 Å². The van der Waals surface area contributed by atoms with Crippen LogP contribution in [0.3, 0.4) is 0 Å². The third-order valence-electron chi connectivity index (χ3n) is 3.14. The van der Waals surface area contributed by atoms with Crippen molar-refractivity contribution >= 4 is 38.7 Å². The molecule has 3 aromatic rings. The molecule has 2 heterocycles. The van der Waals surface area contributed by atoms with E-state index in [1.807, 2.05) is 14.0 Å². The van der Waals surface area contributed by atoms with Crippen LogP contribution in [0.1, 0.15) is 11.5 Å². The van der Waals surface area contributed by atoms with Gasteiger partial charge in [-0.05, 0) is 25.1 Å². The third-order valence-corrected chi connectivity index (χ3v) is 3.87. The molecule has 2 aromatic heterocycles. The van der Waals surface area contributed by atoms with Gasteiger partial charge in [-0.15, -0.1) is 11.6 Å². The maximum absolute atomic E-state index is 14.2. The van der Waals surface area contributed by atoms with E-state index in [2.05, 4.69) is 26.0 Å². The molecular weight excluding hydrogens is 347 g/mol. The minimum absolute atomic E-state index is 0.198. The highest BCUT2D eigenvalue weighted by Gasteiger charge is 2.20. The summed E-state index contributed by atoms with van der Waals surface area (Å²) < 4.78 is 18.3. The number of halogens is 3. The molecule has 0 N–H and O–H groups in total. The average Bonchev–Trinajstić information content (AvgIpc) is 2.89. The lowest BCUT2D eigenvalue weighted by Gasteiger charge is -2.09. The van der Waals surface area contributed by atoms with E-state index in [-0.39, 0.29) is 11.7 Å². The smallest absolute Gasteiger partial charge is 0.163 e. The normalized spacial score (nSPS) is 11.4. The van der Waals surface area contributed by atoms with Crippen molar-refractivity contribution in [3.8, 4) is 5.69 Å². The average molecular weight is 358 g/mol. The Kier molecular flexibility index (Phi) is 3.30. The van der Waals surface area contributed by atoms with E-state index in [1.165, 1.54) is 6.07 Å². The Bertz CT molecular complexity index is 808. The SMILES string of the molecule is Cc1nn(C)c2c1nc(CCl)n2-c1ccc(Br)cc1F. The Labute approximate surface area is 128 Å². The van der Waals surface area contributed by atoms with E-state index in [9.17, 15) is 4.39 Å². The highest BCUT2D eigenvalue weighted by atomic mass is 79.9. The van der Waals surface area contributed by atoms with Gasteiger partial charge in [-0.3, -0.25) is 4.57 Å². The maximum Gasteiger partial charge on any atom is 0.163 e. The molecule has 0 aliphatic carbocycles. The van der Waals surface area contributed by atoms with E-state index in [1.54, 1.807) is 21.4 Å². The highest BCUT2D eigenvalue weighted by Crippen LogP contribution is 2.27. The summed E-state index contributed by atoms with van der Waals surface area (Å²) in [5, 5.41) is 4.32. The van der Waals surface area contributed by atoms with Crippen molar-refractivity contribution in [3.05, 3.63) is 40.0 Å². The first-order valence-electron chi connectivity index (χ1n) is 5.95. The zero-order chi connectivity index (χ0) is 14.4. The Morgan fingerprint density at radius 1 is 1.40 bits per heavy atom. The number of benzene rings is 1. The van der Waals surface area contributed by atoms with Crippen molar-refractivity contribution in [2.75, 3.05) is 0 Å². The van der Waals surface area contributed by atoms with Crippen molar-refractivity contribution < 1.29 is 4.39 Å². The fraction of sp³-hybridized carbons (Fsp3) is 0.231. The van der Waals surface area contributed by atoms with Gasteiger partial charge in [-0.2, -0.15) is 5.10 Å². The van der Waals surface area contributed by atoms with E-state index in [0.29, 0.717) is 16.0 Å². The zero-order valence-electron chi connectivity index (χ0n) is 10.9. The number of aromatic nitrogens is 4. The summed E-state index contributed by atoms with van der Waals surface area (Å²) in [6, 6.07) is 4.90. The van der Waals surface area contributed by atoms with Crippen LogP contribution in [-0.2, 0) is 12.9 Å². The Balaban J connectivity index is 2.39. The Morgan fingerprint density at radius 3 is 2.80 bits per heavy atom. The summed E-state index contributed by atoms with van der Waals surface area (Å²) in [6.45, 7) is 1.87. The maximum atomic E-state index is 14.2. The molecule has 0 atom stereocenters. The Hall–Kier alpha value is -1.40. The summed E-state index contributed by atoms with van der Waals surface area (Å²) in [6.07, 6.45) is 0. The molecule has 0 unspecified atom stereocenters. The van der Waals surface area contributed by atoms with Gasteiger partial charge in [0.05, 0.1) is 17.3 Å². The van der Waals surface area contributed by atoms with Crippen molar-refractivity contribution in [3.63, 3.8) is 0 Å². The molecule has 1 aromatic carbocycles. The van der Waals surface area contributed by atoms with Crippen molar-refractivity contribution in [1.82, 2.24) is 19.3 Å². The van der Waals surface area contributed by atoms with Gasteiger partial charge in [0.1, 0.15) is 17.2 Å². The van der Waals surface area contributed by atoms with Crippen LogP contribution in [0.25, 0.3) is 16.9 Å². The van der Waals surface area contributed by atoms with Gasteiger partial charge in [0.15, 0.2) is 5.65 Å². The molecule has 0 bridgehead atoms. The van der Waals surface area contributed by atoms with Crippen LogP contribution in [0.4, 0.5) is 4.39 Å². The van der Waals surface area contributed by atoms with Gasteiger partial charge in [0, 0.05) is 11.5 Å². The fourth-order valence-electron chi connectivity index (χ4n) is 2.32. The van der Waals surface area contributed by atoms with Gasteiger partial charge in [0.25, 0.3) is 0 Å². The standard InChI is InChI=1S/C13H11BrClFN4/c1-7-12-13(19(2)18-7)20(11(6-15)17-12)10-4-3-8(14)5-9(10)16/h3-5H,6H2,1-2H3. The lowest BCUT2D eigenvalue weighted by molar-refractivity contribution is 0.614. The second-order valence-electron chi connectivity index (χ2n) is 4.47. The number of fused-ring (bicyclic) bond motifs is 1. The second kappa shape index (κ2) is 4.86. The number of nitrogens with zero attached hydrogens (tertiary/aromatic N) is 4. The topological polar surface area (TPSA) is 35.6 Å². The number of alkyl halides is 1. The van der Waals surface area contributed by atoms with Crippen molar-refractivity contribution in [2.24, 2.45) is 7.05 Å². The molecule has 0 amide bonds. The minimum atomic E-state index is -0.344. The number of hydrogen-bond donors (Lipinski definition) is 0. The molecule has 0 aliphatic heterocycles. The van der Waals surface area contributed by atoms with Crippen LogP contribution in [0, 0.1) is 12.7 Å². The molecule has 0 aliphatic rings. The first-order chi connectivity index (χ1) is 9.52. The number of hydrogen-bond acceptors (Lipinski definition) is 2. The molecular formula is C13H11BrClFN4. The van der Waals surface area contributed by atoms with Crippen molar-refractivity contribution in [1.29, 1.82) is 0 Å². The summed E-state index contributed by atoms with van der Waals surface area (Å²) in [7, 11) is 1.81. The third kappa shape index (κ3) is 1.94. The van der Waals surface area contributed by atoms with E-state index < -0.39 is 0 Å². The van der Waals surface area contributed by atoms with E-state index in [4.69, 9.17) is 11.6 Å². The van der Waals surface area contributed by atoms with Crippen LogP contribution in [-0.4, -0.2) is 19.3 Å². The van der Waals surface area contributed by atoms with E-state index >= 15 is 0 Å². The molecule has 0 radical (unpaired) electrons. The minimum Gasteiger partial charge on any atom is -0.277 e. The van der Waals surface area contributed by atoms with Gasteiger partial charge >= 0.3 is 0 Å². The van der Waals surface area contributed by atoms with Crippen LogP contribution in [0.15, 0.2) is 22.7 Å². The molecule has 4 nitrogen and oxygen atoms in total. The summed E-state index contributed by atoms with van der Waals surface area (Å²) >= 11 is 9.21. The summed E-state index contributed by atoms with van der Waals surface area (Å²) in [5.74, 6) is 0.451. The van der Waals surface area contributed by atoms with Crippen LogP contribution in [0.5, 0.6) is 0 Å². The number of rotatable bonds is 2. The Morgan fingerprint density at radius 2 is 2.15 bits per heavy atom. The van der Waals surface area contributed by atoms with Crippen LogP contribution >= 0.6 is 27.5 Å². The fourth-order valence-corrected chi connectivity index (χ4v) is 2.84. The van der Waals surface area contributed by atoms with Gasteiger partial charge in [0.2, 0.25) is 0 Å². The summed E-state index contributed by atoms with van der Waals surface area (Å²) in [5.41, 5.74) is 2.68. The molecule has 3 rings (SSSR count). The molecule has 0 saturated carbocycles. The first kappa shape index (κ1) is 13.6. The molecule has 0 spiro atoms. The lowest BCUT2D eigenvalue weighted by Crippen LogP contribution is -2.06. The lowest BCUT2D eigenvalue weighted by atomic mass is 10.3. The quantitative estimate of drug-likeness (QED) is 0.656. The number of imidazole rings is 1. The van der Waals surface area contributed by atoms with Gasteiger partial charge < -0.3 is 0 Å². The van der Waals surface area contributed by atoms with Gasteiger partial charge in [-0.25, -0.2) is 14.1 Å². The highest BCUT2D eigenvalue weighted by molar-refractivity contribution is 9.10. The molecule has 20 heavy (non-hydrogen) atoms. The predicted molar refractivity (Wildman–Crippen MR) is 79.8 cm³/mol. The molecule has 7 heteroatoms. The van der Waals surface area contributed by atoms with Crippen LogP contribution in [0.2, 0.25) is 0 Å². The molecule has 104 valence electrons. The monoisotopic (exact) mass is 356 g/mol. The first-order valence-corrected chi connectivity index (χ1v) is 7.28. The summed E-state index contributed by atoms with van der Waals surface area (Å²) in [4.78, 5) is 4.46. The van der Waals surface area contributed by atoms with E-state index in [0.717, 1.165) is 16.9 Å². The largest absolute Gasteiger partial charge is 0.277 e. The van der Waals surface area contributed by atoms with Crippen molar-refractivity contribution in [2.45, 2.75) is 12.8 Å². The predicted octanol–water partition coefficient (Wildman–Crippen LogP) is 3.71. The number of aryl methyl sites for hydroxylation is 2. The molecule has 0 fully saturated rings. The molecule has 0 saturated heterocycles. The second-order valence-corrected chi connectivity index (χ2v) is 5.66.